The van der Waals surface area contributed by atoms with E-state index in [0.29, 0.717) is 12.3 Å². The van der Waals surface area contributed by atoms with Gasteiger partial charge in [0.15, 0.2) is 0 Å². The molecular weight excluding hydrogens is 384 g/mol. The first-order valence-corrected chi connectivity index (χ1v) is 9.54. The van der Waals surface area contributed by atoms with Gasteiger partial charge in [0, 0.05) is 32.5 Å². The highest BCUT2D eigenvalue weighted by molar-refractivity contribution is 6.39. The van der Waals surface area contributed by atoms with E-state index in [2.05, 4.69) is 15.6 Å². The minimum absolute atomic E-state index is 0.174. The molecule has 0 radical (unpaired) electrons. The number of ether oxygens (including phenoxy) is 1. The predicted molar refractivity (Wildman–Crippen MR) is 114 cm³/mol. The minimum atomic E-state index is -0.823. The van der Waals surface area contributed by atoms with Crippen LogP contribution in [0.3, 0.4) is 0 Å². The zero-order valence-corrected chi connectivity index (χ0v) is 18.0. The summed E-state index contributed by atoms with van der Waals surface area (Å²) >= 11 is 0. The Kier molecular flexibility index (Phi) is 7.66. The summed E-state index contributed by atoms with van der Waals surface area (Å²) in [6.45, 7) is 6.62. The molecule has 0 aliphatic carbocycles. The topological polar surface area (TPSA) is 101 Å². The van der Waals surface area contributed by atoms with Crippen molar-refractivity contribution in [2.75, 3.05) is 19.4 Å². The van der Waals surface area contributed by atoms with Crippen LogP contribution in [0.15, 0.2) is 42.6 Å². The van der Waals surface area contributed by atoms with Crippen LogP contribution in [0.1, 0.15) is 42.4 Å². The van der Waals surface area contributed by atoms with Crippen LogP contribution in [0.5, 0.6) is 0 Å². The first-order valence-electron chi connectivity index (χ1n) is 9.54. The zero-order valence-electron chi connectivity index (χ0n) is 18.0. The molecule has 2 N–H and O–H groups in total. The van der Waals surface area contributed by atoms with Crippen molar-refractivity contribution in [3.63, 3.8) is 0 Å². The number of amides is 3. The van der Waals surface area contributed by atoms with E-state index in [1.165, 1.54) is 23.2 Å². The third kappa shape index (κ3) is 7.29. The Hall–Kier alpha value is -3.26. The summed E-state index contributed by atoms with van der Waals surface area (Å²) in [6, 6.07) is 10.5. The molecule has 2 aromatic rings. The Bertz CT molecular complexity index is 919. The molecule has 1 aromatic carbocycles. The van der Waals surface area contributed by atoms with Crippen molar-refractivity contribution in [3.8, 4) is 0 Å². The molecule has 30 heavy (non-hydrogen) atoms. The van der Waals surface area contributed by atoms with Gasteiger partial charge in [0.05, 0.1) is 12.2 Å². The van der Waals surface area contributed by atoms with Crippen LogP contribution in [-0.4, -0.2) is 47.3 Å². The van der Waals surface area contributed by atoms with E-state index in [4.69, 9.17) is 4.74 Å². The third-order valence-electron chi connectivity index (χ3n) is 3.97. The molecule has 0 fully saturated rings. The molecule has 160 valence electrons. The molecule has 0 aliphatic rings. The molecule has 1 aromatic heterocycles. The molecule has 0 saturated heterocycles. The van der Waals surface area contributed by atoms with E-state index in [1.54, 1.807) is 14.1 Å². The Morgan fingerprint density at radius 1 is 1.03 bits per heavy atom. The van der Waals surface area contributed by atoms with Crippen LogP contribution in [0.25, 0.3) is 0 Å². The number of hydrogen-bond donors (Lipinski definition) is 2. The Morgan fingerprint density at radius 3 is 2.40 bits per heavy atom. The van der Waals surface area contributed by atoms with Crippen LogP contribution >= 0.6 is 0 Å². The quantitative estimate of drug-likeness (QED) is 0.710. The molecule has 0 saturated carbocycles. The first kappa shape index (κ1) is 23.0. The van der Waals surface area contributed by atoms with Gasteiger partial charge in [0.25, 0.3) is 5.91 Å². The first-order chi connectivity index (χ1) is 14.0. The summed E-state index contributed by atoms with van der Waals surface area (Å²) in [5.41, 5.74) is 2.08. The normalized spacial score (nSPS) is 11.0. The van der Waals surface area contributed by atoms with Gasteiger partial charge in [0.2, 0.25) is 0 Å². The van der Waals surface area contributed by atoms with Crippen LogP contribution < -0.4 is 10.6 Å². The van der Waals surface area contributed by atoms with Crippen LogP contribution in [0, 0.1) is 0 Å². The maximum absolute atomic E-state index is 12.2. The highest BCUT2D eigenvalue weighted by Crippen LogP contribution is 2.13. The summed E-state index contributed by atoms with van der Waals surface area (Å²) in [5.74, 6) is -1.90. The second-order valence-electron chi connectivity index (χ2n) is 7.99. The van der Waals surface area contributed by atoms with Gasteiger partial charge < -0.3 is 20.3 Å². The fraction of sp³-hybridized carbons (Fsp3) is 0.364. The Morgan fingerprint density at radius 2 is 1.73 bits per heavy atom. The molecule has 0 spiro atoms. The Labute approximate surface area is 176 Å². The SMILES string of the molecule is CN(C)C(=O)c1cc(NC(=O)C(=O)NCc2cccc(COC(C)(C)C)c2)ccn1. The fourth-order valence-electron chi connectivity index (χ4n) is 2.43. The minimum Gasteiger partial charge on any atom is -0.371 e. The van der Waals surface area contributed by atoms with Crippen molar-refractivity contribution >= 4 is 23.4 Å². The molecule has 0 aliphatic heterocycles. The van der Waals surface area contributed by atoms with Crippen molar-refractivity contribution < 1.29 is 19.1 Å². The van der Waals surface area contributed by atoms with E-state index < -0.39 is 11.8 Å². The summed E-state index contributed by atoms with van der Waals surface area (Å²) in [6.07, 6.45) is 1.40. The lowest BCUT2D eigenvalue weighted by molar-refractivity contribution is -0.136. The third-order valence-corrected chi connectivity index (χ3v) is 3.97. The van der Waals surface area contributed by atoms with Crippen molar-refractivity contribution in [2.45, 2.75) is 39.5 Å². The summed E-state index contributed by atoms with van der Waals surface area (Å²) in [4.78, 5) is 41.6. The molecule has 0 bridgehead atoms. The van der Waals surface area contributed by atoms with Gasteiger partial charge in [-0.2, -0.15) is 0 Å². The van der Waals surface area contributed by atoms with Gasteiger partial charge in [-0.15, -0.1) is 0 Å². The number of carbonyl (C=O) groups is 3. The lowest BCUT2D eigenvalue weighted by atomic mass is 10.1. The molecule has 3 amide bonds. The lowest BCUT2D eigenvalue weighted by Crippen LogP contribution is -2.35. The second-order valence-corrected chi connectivity index (χ2v) is 7.99. The predicted octanol–water partition coefficient (Wildman–Crippen LogP) is 2.35. The summed E-state index contributed by atoms with van der Waals surface area (Å²) in [7, 11) is 3.21. The van der Waals surface area contributed by atoms with Gasteiger partial charge in [-0.1, -0.05) is 24.3 Å². The van der Waals surface area contributed by atoms with Crippen molar-refractivity contribution in [3.05, 3.63) is 59.4 Å². The van der Waals surface area contributed by atoms with Crippen LogP contribution in [0.4, 0.5) is 5.69 Å². The highest BCUT2D eigenvalue weighted by atomic mass is 16.5. The average Bonchev–Trinajstić information content (AvgIpc) is 2.69. The highest BCUT2D eigenvalue weighted by Gasteiger charge is 2.16. The van der Waals surface area contributed by atoms with Gasteiger partial charge in [-0.3, -0.25) is 19.4 Å². The molecular formula is C22H28N4O4. The van der Waals surface area contributed by atoms with Gasteiger partial charge in [0.1, 0.15) is 5.69 Å². The summed E-state index contributed by atoms with van der Waals surface area (Å²) < 4.78 is 5.76. The van der Waals surface area contributed by atoms with E-state index >= 15 is 0 Å². The number of aromatic nitrogens is 1. The van der Waals surface area contributed by atoms with Crippen LogP contribution in [0.2, 0.25) is 0 Å². The molecule has 1 heterocycles. The number of carbonyl (C=O) groups excluding carboxylic acids is 3. The number of nitrogens with one attached hydrogen (secondary N) is 2. The smallest absolute Gasteiger partial charge is 0.313 e. The summed E-state index contributed by atoms with van der Waals surface area (Å²) in [5, 5.41) is 5.07. The van der Waals surface area contributed by atoms with Gasteiger partial charge >= 0.3 is 11.8 Å². The lowest BCUT2D eigenvalue weighted by Gasteiger charge is -2.19. The standard InChI is InChI=1S/C22H28N4O4/c1-22(2,3)30-14-16-8-6-7-15(11-16)13-24-19(27)20(28)25-17-9-10-23-18(12-17)21(29)26(4)5/h6-12H,13-14H2,1-5H3,(H,24,27)(H,23,25,28). The molecule has 2 rings (SSSR count). The maximum Gasteiger partial charge on any atom is 0.313 e. The van der Waals surface area contributed by atoms with Gasteiger partial charge in [-0.05, 0) is 44.0 Å². The average molecular weight is 412 g/mol. The zero-order chi connectivity index (χ0) is 22.3. The number of hydrogen-bond acceptors (Lipinski definition) is 5. The number of rotatable bonds is 6. The van der Waals surface area contributed by atoms with E-state index in [1.807, 2.05) is 45.0 Å². The van der Waals surface area contributed by atoms with E-state index in [9.17, 15) is 14.4 Å². The largest absolute Gasteiger partial charge is 0.371 e. The van der Waals surface area contributed by atoms with Crippen molar-refractivity contribution in [1.29, 1.82) is 0 Å². The molecule has 8 nitrogen and oxygen atoms in total. The monoisotopic (exact) mass is 412 g/mol. The number of benzene rings is 1. The second kappa shape index (κ2) is 9.98. The van der Waals surface area contributed by atoms with Crippen molar-refractivity contribution in [1.82, 2.24) is 15.2 Å². The Balaban J connectivity index is 1.92. The number of pyridine rings is 1. The molecule has 0 unspecified atom stereocenters. The number of anilines is 1. The fourth-order valence-corrected chi connectivity index (χ4v) is 2.43. The van der Waals surface area contributed by atoms with Gasteiger partial charge in [-0.25, -0.2) is 0 Å². The maximum atomic E-state index is 12.2. The van der Waals surface area contributed by atoms with Crippen molar-refractivity contribution in [2.24, 2.45) is 0 Å². The number of nitrogens with zero attached hydrogens (tertiary/aromatic N) is 2. The molecule has 8 heteroatoms. The van der Waals surface area contributed by atoms with E-state index in [-0.39, 0.29) is 23.7 Å². The van der Waals surface area contributed by atoms with E-state index in [0.717, 1.165) is 11.1 Å². The van der Waals surface area contributed by atoms with Crippen LogP contribution in [-0.2, 0) is 27.5 Å². The molecule has 0 atom stereocenters.